The van der Waals surface area contributed by atoms with Gasteiger partial charge in [0, 0.05) is 11.8 Å². The zero-order valence-electron chi connectivity index (χ0n) is 11.0. The Labute approximate surface area is 111 Å². The summed E-state index contributed by atoms with van der Waals surface area (Å²) < 4.78 is 7.50. The molecule has 3 rings (SSSR count). The average molecular weight is 253 g/mol. The molecule has 0 bridgehead atoms. The summed E-state index contributed by atoms with van der Waals surface area (Å²) >= 11 is 0. The molecule has 0 amide bonds. The summed E-state index contributed by atoms with van der Waals surface area (Å²) in [6.45, 7) is 2.71. The second-order valence-corrected chi connectivity index (χ2v) is 4.40. The molecular formula is C15H15N3O. The van der Waals surface area contributed by atoms with Gasteiger partial charge in [0.05, 0.1) is 13.7 Å². The minimum atomic E-state index is 0.712. The Hall–Kier alpha value is -2.36. The van der Waals surface area contributed by atoms with Crippen LogP contribution in [-0.2, 0) is 6.54 Å². The number of rotatable bonds is 3. The molecule has 0 aliphatic carbocycles. The maximum absolute atomic E-state index is 5.39. The molecule has 4 nitrogen and oxygen atoms in total. The maximum Gasteiger partial charge on any atom is 0.160 e. The van der Waals surface area contributed by atoms with Crippen molar-refractivity contribution in [1.29, 1.82) is 0 Å². The number of aromatic nitrogens is 3. The van der Waals surface area contributed by atoms with Gasteiger partial charge in [-0.25, -0.2) is 9.97 Å². The molecule has 0 aliphatic rings. The van der Waals surface area contributed by atoms with Gasteiger partial charge in [-0.15, -0.1) is 0 Å². The van der Waals surface area contributed by atoms with Crippen LogP contribution in [0, 0.1) is 6.92 Å². The van der Waals surface area contributed by atoms with Gasteiger partial charge in [0.25, 0.3) is 0 Å². The lowest BCUT2D eigenvalue weighted by Gasteiger charge is -2.10. The van der Waals surface area contributed by atoms with Gasteiger partial charge in [0.1, 0.15) is 17.1 Å². The number of para-hydroxylation sites is 1. The largest absolute Gasteiger partial charge is 0.496 e. The molecule has 1 aromatic carbocycles. The Morgan fingerprint density at radius 3 is 2.84 bits per heavy atom. The first-order valence-electron chi connectivity index (χ1n) is 6.19. The van der Waals surface area contributed by atoms with Crippen molar-refractivity contribution in [2.75, 3.05) is 7.11 Å². The van der Waals surface area contributed by atoms with Crippen LogP contribution in [0.15, 0.2) is 42.6 Å². The van der Waals surface area contributed by atoms with Crippen LogP contribution >= 0.6 is 0 Å². The Morgan fingerprint density at radius 2 is 2.00 bits per heavy atom. The molecule has 0 spiro atoms. The molecular weight excluding hydrogens is 238 g/mol. The van der Waals surface area contributed by atoms with Crippen molar-refractivity contribution in [3.8, 4) is 5.75 Å². The summed E-state index contributed by atoms with van der Waals surface area (Å²) in [5.74, 6) is 1.85. The number of fused-ring (bicyclic) bond motifs is 1. The van der Waals surface area contributed by atoms with E-state index in [0.717, 1.165) is 28.3 Å². The van der Waals surface area contributed by atoms with Crippen LogP contribution in [0.1, 0.15) is 11.4 Å². The van der Waals surface area contributed by atoms with Crippen molar-refractivity contribution in [3.63, 3.8) is 0 Å². The number of hydrogen-bond donors (Lipinski definition) is 0. The topological polar surface area (TPSA) is 39.9 Å². The van der Waals surface area contributed by atoms with Gasteiger partial charge >= 0.3 is 0 Å². The summed E-state index contributed by atoms with van der Waals surface area (Å²) in [5.41, 5.74) is 2.96. The molecule has 0 atom stereocenters. The van der Waals surface area contributed by atoms with Gasteiger partial charge < -0.3 is 9.30 Å². The van der Waals surface area contributed by atoms with Crippen molar-refractivity contribution in [2.45, 2.75) is 13.5 Å². The van der Waals surface area contributed by atoms with Gasteiger partial charge in [-0.1, -0.05) is 18.2 Å². The molecule has 3 aromatic rings. The van der Waals surface area contributed by atoms with Gasteiger partial charge in [0.15, 0.2) is 5.65 Å². The first-order chi connectivity index (χ1) is 9.29. The lowest BCUT2D eigenvalue weighted by Crippen LogP contribution is -2.04. The van der Waals surface area contributed by atoms with E-state index in [4.69, 9.17) is 4.74 Å². The summed E-state index contributed by atoms with van der Waals surface area (Å²) in [4.78, 5) is 8.94. The van der Waals surface area contributed by atoms with Crippen LogP contribution in [0.5, 0.6) is 5.75 Å². The Morgan fingerprint density at radius 1 is 1.16 bits per heavy atom. The van der Waals surface area contributed by atoms with Gasteiger partial charge in [0.2, 0.25) is 0 Å². The fourth-order valence-corrected chi connectivity index (χ4v) is 2.26. The minimum absolute atomic E-state index is 0.712. The fourth-order valence-electron chi connectivity index (χ4n) is 2.26. The summed E-state index contributed by atoms with van der Waals surface area (Å²) in [7, 11) is 1.69. The number of pyridine rings is 1. The molecule has 96 valence electrons. The number of methoxy groups -OCH3 is 1. The Kier molecular flexibility index (Phi) is 2.91. The molecule has 0 saturated heterocycles. The van der Waals surface area contributed by atoms with Crippen LogP contribution in [0.25, 0.3) is 11.2 Å². The predicted octanol–water partition coefficient (Wildman–Crippen LogP) is 2.80. The summed E-state index contributed by atoms with van der Waals surface area (Å²) in [6.07, 6.45) is 1.79. The highest BCUT2D eigenvalue weighted by Gasteiger charge is 2.10. The van der Waals surface area contributed by atoms with E-state index in [-0.39, 0.29) is 0 Å². The number of nitrogens with zero attached hydrogens (tertiary/aromatic N) is 3. The number of aryl methyl sites for hydroxylation is 1. The van der Waals surface area contributed by atoms with E-state index in [2.05, 4.69) is 20.6 Å². The molecule has 0 N–H and O–H groups in total. The lowest BCUT2D eigenvalue weighted by molar-refractivity contribution is 0.408. The van der Waals surface area contributed by atoms with Gasteiger partial charge in [-0.2, -0.15) is 0 Å². The minimum Gasteiger partial charge on any atom is -0.496 e. The van der Waals surface area contributed by atoms with Crippen LogP contribution in [0.2, 0.25) is 0 Å². The van der Waals surface area contributed by atoms with E-state index in [1.807, 2.05) is 37.3 Å². The van der Waals surface area contributed by atoms with E-state index in [9.17, 15) is 0 Å². The Bertz CT molecular complexity index is 718. The third-order valence-corrected chi connectivity index (χ3v) is 3.22. The molecule has 0 radical (unpaired) electrons. The highest BCUT2D eigenvalue weighted by molar-refractivity contribution is 5.71. The fraction of sp³-hybridized carbons (Fsp3) is 0.200. The van der Waals surface area contributed by atoms with Crippen LogP contribution < -0.4 is 4.74 Å². The standard InChI is InChI=1S/C15H15N3O/c1-11-17-13-7-5-9-16-15(13)18(11)10-12-6-3-4-8-14(12)19-2/h3-9H,10H2,1-2H3. The first kappa shape index (κ1) is 11.7. The summed E-state index contributed by atoms with van der Waals surface area (Å²) in [6, 6.07) is 11.9. The van der Waals surface area contributed by atoms with E-state index >= 15 is 0 Å². The van der Waals surface area contributed by atoms with Crippen LogP contribution in [0.3, 0.4) is 0 Å². The molecule has 0 fully saturated rings. The molecule has 0 aliphatic heterocycles. The van der Waals surface area contributed by atoms with E-state index in [0.29, 0.717) is 6.54 Å². The summed E-state index contributed by atoms with van der Waals surface area (Å²) in [5, 5.41) is 0. The SMILES string of the molecule is COc1ccccc1Cn1c(C)nc2cccnc21. The average Bonchev–Trinajstić information content (AvgIpc) is 2.76. The normalized spacial score (nSPS) is 10.8. The van der Waals surface area contributed by atoms with E-state index in [1.165, 1.54) is 0 Å². The zero-order valence-corrected chi connectivity index (χ0v) is 11.0. The van der Waals surface area contributed by atoms with Crippen LogP contribution in [0.4, 0.5) is 0 Å². The molecule has 2 aromatic heterocycles. The highest BCUT2D eigenvalue weighted by atomic mass is 16.5. The monoisotopic (exact) mass is 253 g/mol. The lowest BCUT2D eigenvalue weighted by atomic mass is 10.2. The third-order valence-electron chi connectivity index (χ3n) is 3.22. The smallest absolute Gasteiger partial charge is 0.160 e. The molecule has 2 heterocycles. The van der Waals surface area contributed by atoms with Crippen LogP contribution in [-0.4, -0.2) is 21.6 Å². The van der Waals surface area contributed by atoms with Crippen molar-refractivity contribution in [3.05, 3.63) is 54.0 Å². The quantitative estimate of drug-likeness (QED) is 0.720. The first-order valence-corrected chi connectivity index (χ1v) is 6.19. The molecule has 19 heavy (non-hydrogen) atoms. The molecule has 0 unspecified atom stereocenters. The van der Waals surface area contributed by atoms with E-state index < -0.39 is 0 Å². The second-order valence-electron chi connectivity index (χ2n) is 4.40. The zero-order chi connectivity index (χ0) is 13.2. The number of benzene rings is 1. The Balaban J connectivity index is 2.08. The van der Waals surface area contributed by atoms with Gasteiger partial charge in [-0.3, -0.25) is 0 Å². The van der Waals surface area contributed by atoms with Crippen molar-refractivity contribution >= 4 is 11.2 Å². The molecule has 0 saturated carbocycles. The third kappa shape index (κ3) is 2.05. The van der Waals surface area contributed by atoms with Gasteiger partial charge in [-0.05, 0) is 25.1 Å². The molecule has 4 heteroatoms. The van der Waals surface area contributed by atoms with E-state index in [1.54, 1.807) is 13.3 Å². The number of hydrogen-bond acceptors (Lipinski definition) is 3. The number of imidazole rings is 1. The van der Waals surface area contributed by atoms with Crippen molar-refractivity contribution < 1.29 is 4.74 Å². The number of ether oxygens (including phenoxy) is 1. The highest BCUT2D eigenvalue weighted by Crippen LogP contribution is 2.21. The van der Waals surface area contributed by atoms with Crippen molar-refractivity contribution in [2.24, 2.45) is 0 Å². The second kappa shape index (κ2) is 4.72. The predicted molar refractivity (Wildman–Crippen MR) is 74.4 cm³/mol. The maximum atomic E-state index is 5.39. The van der Waals surface area contributed by atoms with Crippen molar-refractivity contribution in [1.82, 2.24) is 14.5 Å².